The summed E-state index contributed by atoms with van der Waals surface area (Å²) in [6, 6.07) is 13.1. The largest absolute Gasteiger partial charge is 0.497 e. The first kappa shape index (κ1) is 15.7. The van der Waals surface area contributed by atoms with E-state index in [-0.39, 0.29) is 5.82 Å². The molecule has 3 aromatic rings. The molecule has 0 aliphatic heterocycles. The third-order valence-corrected chi connectivity index (χ3v) is 3.55. The first-order valence-electron chi connectivity index (χ1n) is 7.20. The van der Waals surface area contributed by atoms with Gasteiger partial charge in [0.25, 0.3) is 0 Å². The van der Waals surface area contributed by atoms with Crippen molar-refractivity contribution in [3.05, 3.63) is 66.1 Å². The first-order chi connectivity index (χ1) is 11.6. The molecule has 0 N–H and O–H groups in total. The van der Waals surface area contributed by atoms with E-state index in [2.05, 4.69) is 5.10 Å². The van der Waals surface area contributed by atoms with Gasteiger partial charge in [0, 0.05) is 11.8 Å². The van der Waals surface area contributed by atoms with Gasteiger partial charge >= 0.3 is 5.97 Å². The number of aromatic nitrogens is 2. The van der Waals surface area contributed by atoms with E-state index in [1.54, 1.807) is 37.6 Å². The Labute approximate surface area is 138 Å². The lowest BCUT2D eigenvalue weighted by Gasteiger charge is -2.04. The summed E-state index contributed by atoms with van der Waals surface area (Å²) in [7, 11) is 2.88. The third-order valence-electron chi connectivity index (χ3n) is 3.55. The minimum atomic E-state index is -0.499. The van der Waals surface area contributed by atoms with Crippen LogP contribution in [-0.4, -0.2) is 30.0 Å². The summed E-state index contributed by atoms with van der Waals surface area (Å²) in [5, 5.41) is 4.46. The maximum Gasteiger partial charge on any atom is 0.341 e. The van der Waals surface area contributed by atoms with Crippen molar-refractivity contribution < 1.29 is 18.7 Å². The Kier molecular flexibility index (Phi) is 4.29. The van der Waals surface area contributed by atoms with E-state index in [9.17, 15) is 9.18 Å². The molecule has 24 heavy (non-hydrogen) atoms. The van der Waals surface area contributed by atoms with Crippen molar-refractivity contribution >= 4 is 5.97 Å². The fourth-order valence-electron chi connectivity index (χ4n) is 2.34. The summed E-state index contributed by atoms with van der Waals surface area (Å²) >= 11 is 0. The van der Waals surface area contributed by atoms with Gasteiger partial charge in [-0.2, -0.15) is 5.10 Å². The molecule has 0 unspecified atom stereocenters. The summed E-state index contributed by atoms with van der Waals surface area (Å²) in [6.07, 6.45) is 1.56. The van der Waals surface area contributed by atoms with Crippen LogP contribution in [0.5, 0.6) is 5.75 Å². The molecule has 0 atom stereocenters. The van der Waals surface area contributed by atoms with E-state index in [0.717, 1.165) is 5.56 Å². The number of methoxy groups -OCH3 is 2. The predicted octanol–water partition coefficient (Wildman–Crippen LogP) is 3.47. The van der Waals surface area contributed by atoms with Crippen LogP contribution in [-0.2, 0) is 4.74 Å². The molecule has 0 amide bonds. The zero-order chi connectivity index (χ0) is 17.1. The Morgan fingerprint density at radius 2 is 1.88 bits per heavy atom. The van der Waals surface area contributed by atoms with Crippen LogP contribution in [0.1, 0.15) is 10.4 Å². The molecule has 0 saturated carbocycles. The number of nitrogens with zero attached hydrogens (tertiary/aromatic N) is 2. The van der Waals surface area contributed by atoms with Gasteiger partial charge in [0.05, 0.1) is 19.9 Å². The second kappa shape index (κ2) is 6.54. The Hall–Kier alpha value is -3.15. The van der Waals surface area contributed by atoms with Crippen LogP contribution in [0.15, 0.2) is 54.7 Å². The van der Waals surface area contributed by atoms with Crippen molar-refractivity contribution in [1.82, 2.24) is 9.78 Å². The van der Waals surface area contributed by atoms with Crippen molar-refractivity contribution in [1.29, 1.82) is 0 Å². The zero-order valence-corrected chi connectivity index (χ0v) is 13.2. The van der Waals surface area contributed by atoms with Crippen molar-refractivity contribution in [3.8, 4) is 22.7 Å². The van der Waals surface area contributed by atoms with Gasteiger partial charge in [-0.05, 0) is 36.4 Å². The van der Waals surface area contributed by atoms with Gasteiger partial charge in [-0.25, -0.2) is 13.9 Å². The van der Waals surface area contributed by atoms with Crippen LogP contribution in [0, 0.1) is 5.82 Å². The number of carbonyl (C=O) groups excluding carboxylic acids is 1. The van der Waals surface area contributed by atoms with Crippen LogP contribution >= 0.6 is 0 Å². The van der Waals surface area contributed by atoms with Crippen LogP contribution in [0.2, 0.25) is 0 Å². The fourth-order valence-corrected chi connectivity index (χ4v) is 2.34. The van der Waals surface area contributed by atoms with Gasteiger partial charge in [0.2, 0.25) is 0 Å². The Bertz CT molecular complexity index is 872. The number of esters is 1. The molecule has 0 radical (unpaired) electrons. The molecule has 1 aromatic heterocycles. The molecule has 0 spiro atoms. The second-order valence-corrected chi connectivity index (χ2v) is 5.04. The van der Waals surface area contributed by atoms with E-state index in [1.165, 1.54) is 23.9 Å². The highest BCUT2D eigenvalue weighted by Gasteiger charge is 2.19. The van der Waals surface area contributed by atoms with Crippen LogP contribution in [0.4, 0.5) is 4.39 Å². The molecule has 2 aromatic carbocycles. The maximum atomic E-state index is 13.1. The van der Waals surface area contributed by atoms with E-state index in [1.807, 2.05) is 12.1 Å². The van der Waals surface area contributed by atoms with Crippen molar-refractivity contribution in [2.45, 2.75) is 0 Å². The summed E-state index contributed by atoms with van der Waals surface area (Å²) < 4.78 is 24.7. The van der Waals surface area contributed by atoms with Gasteiger partial charge in [-0.3, -0.25) is 0 Å². The summed E-state index contributed by atoms with van der Waals surface area (Å²) in [5.74, 6) is -0.187. The number of benzene rings is 2. The monoisotopic (exact) mass is 326 g/mol. The summed E-state index contributed by atoms with van der Waals surface area (Å²) in [5.41, 5.74) is 2.13. The molecular weight excluding hydrogens is 311 g/mol. The molecule has 0 fully saturated rings. The topological polar surface area (TPSA) is 53.4 Å². The highest BCUT2D eigenvalue weighted by molar-refractivity contribution is 5.96. The highest BCUT2D eigenvalue weighted by atomic mass is 19.1. The first-order valence-corrected chi connectivity index (χ1v) is 7.20. The minimum absolute atomic E-state index is 0.315. The van der Waals surface area contributed by atoms with E-state index >= 15 is 0 Å². The molecule has 0 aliphatic carbocycles. The van der Waals surface area contributed by atoms with E-state index in [0.29, 0.717) is 22.7 Å². The van der Waals surface area contributed by atoms with Gasteiger partial charge < -0.3 is 9.47 Å². The standard InChI is InChI=1S/C18H15FN2O3/c1-23-15-5-3-4-12(10-15)17-16(18(22)24-2)11-21(20-17)14-8-6-13(19)7-9-14/h3-11H,1-2H3. The maximum absolute atomic E-state index is 13.1. The van der Waals surface area contributed by atoms with Crippen molar-refractivity contribution in [3.63, 3.8) is 0 Å². The third kappa shape index (κ3) is 2.99. The number of hydrogen-bond acceptors (Lipinski definition) is 4. The number of rotatable bonds is 4. The molecule has 122 valence electrons. The molecule has 0 bridgehead atoms. The number of halogens is 1. The van der Waals surface area contributed by atoms with Gasteiger partial charge in [-0.1, -0.05) is 12.1 Å². The number of carbonyl (C=O) groups is 1. The molecular formula is C18H15FN2O3. The smallest absolute Gasteiger partial charge is 0.341 e. The van der Waals surface area contributed by atoms with Crippen molar-refractivity contribution in [2.24, 2.45) is 0 Å². The lowest BCUT2D eigenvalue weighted by molar-refractivity contribution is 0.0601. The molecule has 5 nitrogen and oxygen atoms in total. The zero-order valence-electron chi connectivity index (χ0n) is 13.2. The molecule has 0 saturated heterocycles. The average molecular weight is 326 g/mol. The van der Waals surface area contributed by atoms with E-state index in [4.69, 9.17) is 9.47 Å². The average Bonchev–Trinajstić information content (AvgIpc) is 3.07. The Morgan fingerprint density at radius 3 is 2.54 bits per heavy atom. The number of hydrogen-bond donors (Lipinski definition) is 0. The quantitative estimate of drug-likeness (QED) is 0.689. The molecule has 0 aliphatic rings. The Balaban J connectivity index is 2.13. The molecule has 3 rings (SSSR count). The summed E-state index contributed by atoms with van der Waals surface area (Å²) in [6.45, 7) is 0. The normalized spacial score (nSPS) is 10.5. The number of ether oxygens (including phenoxy) is 2. The van der Waals surface area contributed by atoms with E-state index < -0.39 is 5.97 Å². The fraction of sp³-hybridized carbons (Fsp3) is 0.111. The second-order valence-electron chi connectivity index (χ2n) is 5.04. The SMILES string of the molecule is COC(=O)c1cn(-c2ccc(F)cc2)nc1-c1cccc(OC)c1. The lowest BCUT2D eigenvalue weighted by atomic mass is 10.1. The van der Waals surface area contributed by atoms with Crippen LogP contribution in [0.25, 0.3) is 16.9 Å². The highest BCUT2D eigenvalue weighted by Crippen LogP contribution is 2.27. The van der Waals surface area contributed by atoms with Gasteiger partial charge in [0.15, 0.2) is 0 Å². The summed E-state index contributed by atoms with van der Waals surface area (Å²) in [4.78, 5) is 12.1. The predicted molar refractivity (Wildman–Crippen MR) is 86.8 cm³/mol. The molecule has 6 heteroatoms. The van der Waals surface area contributed by atoms with Crippen LogP contribution in [0.3, 0.4) is 0 Å². The minimum Gasteiger partial charge on any atom is -0.497 e. The molecule has 1 heterocycles. The van der Waals surface area contributed by atoms with Gasteiger partial charge in [-0.15, -0.1) is 0 Å². The van der Waals surface area contributed by atoms with Crippen LogP contribution < -0.4 is 4.74 Å². The lowest BCUT2D eigenvalue weighted by Crippen LogP contribution is -2.01. The Morgan fingerprint density at radius 1 is 1.12 bits per heavy atom. The van der Waals surface area contributed by atoms with Gasteiger partial charge in [0.1, 0.15) is 22.8 Å². The van der Waals surface area contributed by atoms with Crippen molar-refractivity contribution in [2.75, 3.05) is 14.2 Å².